The molecule has 20 heavy (non-hydrogen) atoms. The van der Waals surface area contributed by atoms with Crippen LogP contribution < -0.4 is 0 Å². The SMILES string of the molecule is Oc1cccc(C2CN(Cc3ccc(Br)o3)CCO2)c1. The number of hydrogen-bond donors (Lipinski definition) is 1. The van der Waals surface area contributed by atoms with E-state index < -0.39 is 0 Å². The summed E-state index contributed by atoms with van der Waals surface area (Å²) in [7, 11) is 0. The largest absolute Gasteiger partial charge is 0.508 e. The summed E-state index contributed by atoms with van der Waals surface area (Å²) in [5, 5.41) is 9.56. The summed E-state index contributed by atoms with van der Waals surface area (Å²) in [5.74, 6) is 1.21. The van der Waals surface area contributed by atoms with E-state index in [1.54, 1.807) is 12.1 Å². The van der Waals surface area contributed by atoms with Gasteiger partial charge in [-0.15, -0.1) is 0 Å². The molecule has 0 radical (unpaired) electrons. The quantitative estimate of drug-likeness (QED) is 0.933. The molecule has 0 amide bonds. The first-order valence-corrected chi connectivity index (χ1v) is 7.37. The van der Waals surface area contributed by atoms with Gasteiger partial charge in [-0.05, 0) is 45.8 Å². The highest BCUT2D eigenvalue weighted by Gasteiger charge is 2.22. The molecule has 1 saturated heterocycles. The fourth-order valence-corrected chi connectivity index (χ4v) is 2.77. The summed E-state index contributed by atoms with van der Waals surface area (Å²) in [6, 6.07) is 11.1. The van der Waals surface area contributed by atoms with Gasteiger partial charge in [-0.25, -0.2) is 0 Å². The van der Waals surface area contributed by atoms with Gasteiger partial charge in [0.25, 0.3) is 0 Å². The number of aromatic hydroxyl groups is 1. The van der Waals surface area contributed by atoms with Crippen LogP contribution in [0.1, 0.15) is 17.4 Å². The molecule has 2 aromatic rings. The third-order valence-electron chi connectivity index (χ3n) is 3.40. The van der Waals surface area contributed by atoms with Crippen molar-refractivity contribution >= 4 is 15.9 Å². The number of rotatable bonds is 3. The standard InChI is InChI=1S/C15H16BrNO3/c16-15-5-4-13(20-15)9-17-6-7-19-14(10-17)11-2-1-3-12(18)8-11/h1-5,8,14,18H,6-7,9-10H2. The Kier molecular flexibility index (Phi) is 4.10. The fourth-order valence-electron chi connectivity index (χ4n) is 2.43. The zero-order valence-electron chi connectivity index (χ0n) is 11.0. The van der Waals surface area contributed by atoms with Crippen molar-refractivity contribution in [3.63, 3.8) is 0 Å². The van der Waals surface area contributed by atoms with E-state index in [1.807, 2.05) is 24.3 Å². The average Bonchev–Trinajstić information content (AvgIpc) is 2.84. The molecule has 1 N–H and O–H groups in total. The Balaban J connectivity index is 1.67. The fraction of sp³-hybridized carbons (Fsp3) is 0.333. The van der Waals surface area contributed by atoms with Crippen molar-refractivity contribution in [1.29, 1.82) is 0 Å². The molecule has 1 aliphatic heterocycles. The van der Waals surface area contributed by atoms with Gasteiger partial charge in [0.05, 0.1) is 19.3 Å². The third-order valence-corrected chi connectivity index (χ3v) is 3.83. The first kappa shape index (κ1) is 13.7. The summed E-state index contributed by atoms with van der Waals surface area (Å²) >= 11 is 3.32. The molecule has 1 unspecified atom stereocenters. The lowest BCUT2D eigenvalue weighted by Crippen LogP contribution is -2.37. The molecule has 1 aliphatic rings. The zero-order valence-corrected chi connectivity index (χ0v) is 12.5. The first-order chi connectivity index (χ1) is 9.70. The van der Waals surface area contributed by atoms with E-state index in [0.717, 1.165) is 35.6 Å². The van der Waals surface area contributed by atoms with Crippen LogP contribution >= 0.6 is 15.9 Å². The minimum Gasteiger partial charge on any atom is -0.508 e. The van der Waals surface area contributed by atoms with Crippen LogP contribution in [-0.2, 0) is 11.3 Å². The number of furan rings is 1. The number of phenols is 1. The van der Waals surface area contributed by atoms with E-state index in [-0.39, 0.29) is 11.9 Å². The topological polar surface area (TPSA) is 45.8 Å². The third kappa shape index (κ3) is 3.23. The van der Waals surface area contributed by atoms with Crippen LogP contribution in [0, 0.1) is 0 Å². The van der Waals surface area contributed by atoms with Gasteiger partial charge in [0.1, 0.15) is 11.5 Å². The molecule has 0 spiro atoms. The number of nitrogens with zero attached hydrogens (tertiary/aromatic N) is 1. The van der Waals surface area contributed by atoms with Gasteiger partial charge >= 0.3 is 0 Å². The maximum Gasteiger partial charge on any atom is 0.169 e. The Labute approximate surface area is 126 Å². The molecular weight excluding hydrogens is 322 g/mol. The molecule has 2 heterocycles. The van der Waals surface area contributed by atoms with Gasteiger partial charge in [0, 0.05) is 13.1 Å². The minimum atomic E-state index is -0.00532. The van der Waals surface area contributed by atoms with Gasteiger partial charge < -0.3 is 14.3 Å². The van der Waals surface area contributed by atoms with E-state index >= 15 is 0 Å². The van der Waals surface area contributed by atoms with Crippen molar-refractivity contribution in [2.24, 2.45) is 0 Å². The van der Waals surface area contributed by atoms with Crippen LogP contribution in [0.15, 0.2) is 45.5 Å². The zero-order chi connectivity index (χ0) is 13.9. The molecule has 4 nitrogen and oxygen atoms in total. The predicted octanol–water partition coefficient (Wildman–Crippen LogP) is 3.32. The molecule has 3 rings (SSSR count). The Morgan fingerprint density at radius 1 is 1.30 bits per heavy atom. The monoisotopic (exact) mass is 337 g/mol. The first-order valence-electron chi connectivity index (χ1n) is 6.58. The van der Waals surface area contributed by atoms with E-state index in [0.29, 0.717) is 6.61 Å². The molecule has 0 aliphatic carbocycles. The second kappa shape index (κ2) is 5.99. The number of morpholine rings is 1. The van der Waals surface area contributed by atoms with Gasteiger partial charge in [-0.2, -0.15) is 0 Å². The summed E-state index contributed by atoms with van der Waals surface area (Å²) in [5.41, 5.74) is 1.01. The molecule has 1 atom stereocenters. The summed E-state index contributed by atoms with van der Waals surface area (Å²) in [6.07, 6.45) is -0.00532. The lowest BCUT2D eigenvalue weighted by molar-refractivity contribution is -0.0348. The van der Waals surface area contributed by atoms with Gasteiger partial charge in [0.2, 0.25) is 0 Å². The number of benzene rings is 1. The Morgan fingerprint density at radius 2 is 2.20 bits per heavy atom. The number of ether oxygens (including phenoxy) is 1. The van der Waals surface area contributed by atoms with Crippen molar-refractivity contribution < 1.29 is 14.3 Å². The Hall–Kier alpha value is -1.30. The Morgan fingerprint density at radius 3 is 2.95 bits per heavy atom. The van der Waals surface area contributed by atoms with Crippen LogP contribution in [0.3, 0.4) is 0 Å². The van der Waals surface area contributed by atoms with Gasteiger partial charge in [-0.1, -0.05) is 12.1 Å². The average molecular weight is 338 g/mol. The molecular formula is C15H16BrNO3. The molecule has 1 aromatic carbocycles. The van der Waals surface area contributed by atoms with Crippen molar-refractivity contribution in [3.8, 4) is 5.75 Å². The van der Waals surface area contributed by atoms with Crippen LogP contribution in [0.25, 0.3) is 0 Å². The van der Waals surface area contributed by atoms with E-state index in [9.17, 15) is 5.11 Å². The van der Waals surface area contributed by atoms with Crippen LogP contribution in [-0.4, -0.2) is 29.7 Å². The van der Waals surface area contributed by atoms with Gasteiger partial charge in [0.15, 0.2) is 4.67 Å². The number of hydrogen-bond acceptors (Lipinski definition) is 4. The maximum atomic E-state index is 9.56. The van der Waals surface area contributed by atoms with Gasteiger partial charge in [-0.3, -0.25) is 4.90 Å². The second-order valence-electron chi connectivity index (χ2n) is 4.90. The predicted molar refractivity (Wildman–Crippen MR) is 78.5 cm³/mol. The van der Waals surface area contributed by atoms with Crippen molar-refractivity contribution in [1.82, 2.24) is 4.90 Å². The normalized spacial score (nSPS) is 20.1. The van der Waals surface area contributed by atoms with E-state index in [1.165, 1.54) is 0 Å². The molecule has 0 bridgehead atoms. The summed E-state index contributed by atoms with van der Waals surface area (Å²) in [4.78, 5) is 2.30. The Bertz CT molecular complexity index is 584. The maximum absolute atomic E-state index is 9.56. The highest BCUT2D eigenvalue weighted by molar-refractivity contribution is 9.10. The summed E-state index contributed by atoms with van der Waals surface area (Å²) in [6.45, 7) is 3.13. The molecule has 5 heteroatoms. The van der Waals surface area contributed by atoms with Crippen molar-refractivity contribution in [2.75, 3.05) is 19.7 Å². The number of phenolic OH excluding ortho intramolecular Hbond substituents is 1. The lowest BCUT2D eigenvalue weighted by Gasteiger charge is -2.32. The smallest absolute Gasteiger partial charge is 0.169 e. The highest BCUT2D eigenvalue weighted by Crippen LogP contribution is 2.26. The van der Waals surface area contributed by atoms with Crippen LogP contribution in [0.4, 0.5) is 0 Å². The second-order valence-corrected chi connectivity index (χ2v) is 5.68. The minimum absolute atomic E-state index is 0.00532. The van der Waals surface area contributed by atoms with E-state index in [2.05, 4.69) is 20.8 Å². The lowest BCUT2D eigenvalue weighted by atomic mass is 10.1. The van der Waals surface area contributed by atoms with Crippen LogP contribution in [0.5, 0.6) is 5.75 Å². The molecule has 0 saturated carbocycles. The molecule has 106 valence electrons. The molecule has 1 aromatic heterocycles. The summed E-state index contributed by atoms with van der Waals surface area (Å²) < 4.78 is 12.1. The van der Waals surface area contributed by atoms with Crippen molar-refractivity contribution in [3.05, 3.63) is 52.4 Å². The number of halogens is 1. The van der Waals surface area contributed by atoms with Crippen molar-refractivity contribution in [2.45, 2.75) is 12.6 Å². The molecule has 1 fully saturated rings. The van der Waals surface area contributed by atoms with E-state index in [4.69, 9.17) is 9.15 Å². The van der Waals surface area contributed by atoms with Crippen LogP contribution in [0.2, 0.25) is 0 Å². The highest BCUT2D eigenvalue weighted by atomic mass is 79.9.